The third-order valence-corrected chi connectivity index (χ3v) is 4.16. The molecule has 0 unspecified atom stereocenters. The van der Waals surface area contributed by atoms with Gasteiger partial charge >= 0.3 is 5.97 Å². The molecule has 0 aromatic heterocycles. The Kier molecular flexibility index (Phi) is 4.14. The highest BCUT2D eigenvalue weighted by Gasteiger charge is 2.41. The Labute approximate surface area is 133 Å². The van der Waals surface area contributed by atoms with Gasteiger partial charge in [-0.3, -0.25) is 4.79 Å². The molecular formula is C16H18O7. The van der Waals surface area contributed by atoms with Crippen molar-refractivity contribution < 1.29 is 34.0 Å². The van der Waals surface area contributed by atoms with Crippen LogP contribution >= 0.6 is 0 Å². The Bertz CT molecular complexity index is 640. The van der Waals surface area contributed by atoms with Crippen LogP contribution in [-0.4, -0.2) is 49.4 Å². The third kappa shape index (κ3) is 2.62. The number of ether oxygens (including phenoxy) is 4. The summed E-state index contributed by atoms with van der Waals surface area (Å²) in [5, 5.41) is 20.0. The van der Waals surface area contributed by atoms with Gasteiger partial charge in [-0.05, 0) is 17.7 Å². The Hall–Kier alpha value is -2.25. The van der Waals surface area contributed by atoms with Crippen molar-refractivity contribution in [2.75, 3.05) is 21.0 Å². The van der Waals surface area contributed by atoms with Crippen molar-refractivity contribution >= 4 is 5.97 Å². The Morgan fingerprint density at radius 1 is 1.22 bits per heavy atom. The van der Waals surface area contributed by atoms with Gasteiger partial charge in [-0.25, -0.2) is 0 Å². The molecule has 7 heteroatoms. The van der Waals surface area contributed by atoms with Crippen LogP contribution in [0.5, 0.6) is 17.2 Å². The number of fused-ring (bicyclic) bond motifs is 1. The number of aliphatic hydroxyl groups excluding tert-OH is 2. The number of benzene rings is 1. The third-order valence-electron chi connectivity index (χ3n) is 4.16. The molecule has 0 radical (unpaired) electrons. The fourth-order valence-corrected chi connectivity index (χ4v) is 2.97. The van der Waals surface area contributed by atoms with E-state index in [-0.39, 0.29) is 6.79 Å². The van der Waals surface area contributed by atoms with Crippen LogP contribution in [0, 0.1) is 5.92 Å². The molecule has 0 spiro atoms. The zero-order valence-electron chi connectivity index (χ0n) is 12.8. The monoisotopic (exact) mass is 322 g/mol. The lowest BCUT2D eigenvalue weighted by atomic mass is 9.76. The Morgan fingerprint density at radius 3 is 2.70 bits per heavy atom. The number of rotatable bonds is 3. The Morgan fingerprint density at radius 2 is 2.00 bits per heavy atom. The lowest BCUT2D eigenvalue weighted by molar-refractivity contribution is -0.153. The lowest BCUT2D eigenvalue weighted by Gasteiger charge is -2.33. The average molecular weight is 322 g/mol. The molecule has 2 N–H and O–H groups in total. The van der Waals surface area contributed by atoms with Crippen molar-refractivity contribution in [3.63, 3.8) is 0 Å². The summed E-state index contributed by atoms with van der Waals surface area (Å²) >= 11 is 0. The number of carbonyl (C=O) groups excluding carboxylic acids is 1. The summed E-state index contributed by atoms with van der Waals surface area (Å²) < 4.78 is 20.8. The minimum atomic E-state index is -1.26. The van der Waals surface area contributed by atoms with Gasteiger partial charge in [0.2, 0.25) is 12.5 Å². The fourth-order valence-electron chi connectivity index (χ4n) is 2.97. The highest BCUT2D eigenvalue weighted by Crippen LogP contribution is 2.45. The summed E-state index contributed by atoms with van der Waals surface area (Å²) in [4.78, 5) is 12.1. The largest absolute Gasteiger partial charge is 0.493 e. The van der Waals surface area contributed by atoms with E-state index >= 15 is 0 Å². The standard InChI is InChI=1S/C16H18O7/c1-20-11-5-8(6-12-15(11)23-7-22-12)9-3-4-10(17)14(18)13(9)16(19)21-2/h3-6,9-10,13-14,17-18H,7H2,1-2H3/t9-,10-,13-,14-/m1/s1. The molecule has 0 bridgehead atoms. The highest BCUT2D eigenvalue weighted by atomic mass is 16.7. The van der Waals surface area contributed by atoms with Crippen LogP contribution in [0.3, 0.4) is 0 Å². The van der Waals surface area contributed by atoms with E-state index in [1.165, 1.54) is 20.3 Å². The second-order valence-corrected chi connectivity index (χ2v) is 5.40. The minimum Gasteiger partial charge on any atom is -0.493 e. The maximum atomic E-state index is 12.1. The number of methoxy groups -OCH3 is 2. The topological polar surface area (TPSA) is 94.5 Å². The van der Waals surface area contributed by atoms with Gasteiger partial charge in [0, 0.05) is 5.92 Å². The molecular weight excluding hydrogens is 304 g/mol. The minimum absolute atomic E-state index is 0.0947. The summed E-state index contributed by atoms with van der Waals surface area (Å²) in [6.45, 7) is 0.0947. The molecule has 1 heterocycles. The number of allylic oxidation sites excluding steroid dienone is 1. The fraction of sp³-hybridized carbons (Fsp3) is 0.438. The Balaban J connectivity index is 2.05. The number of hydrogen-bond acceptors (Lipinski definition) is 7. The van der Waals surface area contributed by atoms with Crippen molar-refractivity contribution in [1.29, 1.82) is 0 Å². The van der Waals surface area contributed by atoms with Crippen LogP contribution < -0.4 is 14.2 Å². The molecule has 4 atom stereocenters. The molecule has 124 valence electrons. The van der Waals surface area contributed by atoms with Gasteiger partial charge in [0.1, 0.15) is 0 Å². The van der Waals surface area contributed by atoms with Crippen molar-refractivity contribution in [2.45, 2.75) is 18.1 Å². The zero-order chi connectivity index (χ0) is 16.6. The van der Waals surface area contributed by atoms with Crippen LogP contribution in [0.2, 0.25) is 0 Å². The first-order valence-corrected chi connectivity index (χ1v) is 7.16. The van der Waals surface area contributed by atoms with E-state index in [1.807, 2.05) is 0 Å². The molecule has 0 amide bonds. The van der Waals surface area contributed by atoms with Crippen LogP contribution in [0.1, 0.15) is 11.5 Å². The lowest BCUT2D eigenvalue weighted by Crippen LogP contribution is -2.43. The molecule has 2 aliphatic rings. The van der Waals surface area contributed by atoms with E-state index in [4.69, 9.17) is 18.9 Å². The summed E-state index contributed by atoms with van der Waals surface area (Å²) in [5.74, 6) is -0.507. The average Bonchev–Trinajstić information content (AvgIpc) is 3.04. The van der Waals surface area contributed by atoms with Gasteiger partial charge < -0.3 is 29.2 Å². The first-order chi connectivity index (χ1) is 11.1. The molecule has 7 nitrogen and oxygen atoms in total. The van der Waals surface area contributed by atoms with Crippen LogP contribution in [0.4, 0.5) is 0 Å². The number of hydrogen-bond donors (Lipinski definition) is 2. The molecule has 1 aliphatic carbocycles. The summed E-state index contributed by atoms with van der Waals surface area (Å²) in [6, 6.07) is 3.46. The van der Waals surface area contributed by atoms with Gasteiger partial charge in [-0.15, -0.1) is 0 Å². The highest BCUT2D eigenvalue weighted by molar-refractivity contribution is 5.75. The van der Waals surface area contributed by atoms with E-state index in [2.05, 4.69) is 0 Å². The number of aliphatic hydroxyl groups is 2. The van der Waals surface area contributed by atoms with E-state index in [9.17, 15) is 15.0 Å². The molecule has 0 saturated carbocycles. The van der Waals surface area contributed by atoms with Gasteiger partial charge in [0.15, 0.2) is 11.5 Å². The maximum Gasteiger partial charge on any atom is 0.312 e. The molecule has 1 aliphatic heterocycles. The summed E-state index contributed by atoms with van der Waals surface area (Å²) in [6.07, 6.45) is 0.766. The molecule has 3 rings (SSSR count). The van der Waals surface area contributed by atoms with Crippen molar-refractivity contribution in [3.05, 3.63) is 29.8 Å². The van der Waals surface area contributed by atoms with Gasteiger partial charge in [0.25, 0.3) is 0 Å². The molecule has 0 saturated heterocycles. The van der Waals surface area contributed by atoms with Gasteiger partial charge in [-0.2, -0.15) is 0 Å². The molecule has 23 heavy (non-hydrogen) atoms. The maximum absolute atomic E-state index is 12.1. The second-order valence-electron chi connectivity index (χ2n) is 5.40. The van der Waals surface area contributed by atoms with Crippen LogP contribution in [-0.2, 0) is 9.53 Å². The second kappa shape index (κ2) is 6.10. The van der Waals surface area contributed by atoms with E-state index in [0.29, 0.717) is 22.8 Å². The van der Waals surface area contributed by atoms with Crippen LogP contribution in [0.25, 0.3) is 0 Å². The van der Waals surface area contributed by atoms with Gasteiger partial charge in [-0.1, -0.05) is 12.2 Å². The van der Waals surface area contributed by atoms with E-state index in [1.54, 1.807) is 18.2 Å². The van der Waals surface area contributed by atoms with E-state index in [0.717, 1.165) is 0 Å². The molecule has 0 fully saturated rings. The summed E-state index contributed by atoms with van der Waals surface area (Å²) in [7, 11) is 2.76. The van der Waals surface area contributed by atoms with Crippen molar-refractivity contribution in [3.8, 4) is 17.2 Å². The van der Waals surface area contributed by atoms with Gasteiger partial charge in [0.05, 0.1) is 32.3 Å². The van der Waals surface area contributed by atoms with Crippen molar-refractivity contribution in [2.24, 2.45) is 5.92 Å². The predicted molar refractivity (Wildman–Crippen MR) is 78.5 cm³/mol. The normalized spacial score (nSPS) is 28.5. The SMILES string of the molecule is COC(=O)[C@H]1[C@H](O)[C@H](O)C=C[C@@H]1c1cc(OC)c2c(c1)OCO2. The first kappa shape index (κ1) is 15.6. The summed E-state index contributed by atoms with van der Waals surface area (Å²) in [5.41, 5.74) is 0.698. The number of carbonyl (C=O) groups is 1. The molecule has 1 aromatic rings. The first-order valence-electron chi connectivity index (χ1n) is 7.16. The van der Waals surface area contributed by atoms with E-state index < -0.39 is 30.0 Å². The number of esters is 1. The molecule has 1 aromatic carbocycles. The quantitative estimate of drug-likeness (QED) is 0.621. The zero-order valence-corrected chi connectivity index (χ0v) is 12.8. The smallest absolute Gasteiger partial charge is 0.312 e. The van der Waals surface area contributed by atoms with Crippen molar-refractivity contribution in [1.82, 2.24) is 0 Å². The predicted octanol–water partition coefficient (Wildman–Crippen LogP) is 0.588. The van der Waals surface area contributed by atoms with Crippen LogP contribution in [0.15, 0.2) is 24.3 Å².